The first kappa shape index (κ1) is 17.6. The molecule has 2 bridgehead atoms. The van der Waals surface area contributed by atoms with Gasteiger partial charge in [-0.05, 0) is 24.0 Å². The Labute approximate surface area is 167 Å². The van der Waals surface area contributed by atoms with Gasteiger partial charge in [-0.25, -0.2) is 4.98 Å². The lowest BCUT2D eigenvalue weighted by molar-refractivity contribution is 0.0729. The average molecular weight is 388 g/mol. The summed E-state index contributed by atoms with van der Waals surface area (Å²) < 4.78 is 5.56. The van der Waals surface area contributed by atoms with Crippen molar-refractivity contribution in [3.05, 3.63) is 72.2 Å². The van der Waals surface area contributed by atoms with Crippen LogP contribution in [-0.2, 0) is 0 Å². The Morgan fingerprint density at radius 3 is 2.79 bits per heavy atom. The van der Waals surface area contributed by atoms with Gasteiger partial charge in [0.1, 0.15) is 5.76 Å². The van der Waals surface area contributed by atoms with E-state index in [1.807, 2.05) is 41.3 Å². The fraction of sp³-hybridized carbons (Fsp3) is 0.273. The van der Waals surface area contributed by atoms with Gasteiger partial charge in [-0.2, -0.15) is 0 Å². The van der Waals surface area contributed by atoms with E-state index in [4.69, 9.17) is 4.42 Å². The summed E-state index contributed by atoms with van der Waals surface area (Å²) in [5, 5.41) is 2.59. The third-order valence-electron chi connectivity index (χ3n) is 5.99. The molecule has 2 saturated heterocycles. The molecule has 29 heavy (non-hydrogen) atoms. The minimum absolute atomic E-state index is 0.0130. The summed E-state index contributed by atoms with van der Waals surface area (Å²) in [4.78, 5) is 35.5. The van der Waals surface area contributed by atoms with Gasteiger partial charge in [-0.3, -0.25) is 14.6 Å². The molecule has 6 rings (SSSR count). The summed E-state index contributed by atoms with van der Waals surface area (Å²) in [6.07, 6.45) is 5.60. The van der Waals surface area contributed by atoms with Crippen molar-refractivity contribution in [3.8, 4) is 11.1 Å². The molecule has 2 aliphatic heterocycles. The molecule has 3 fully saturated rings. The number of hydrogen-bond donors (Lipinski definition) is 1. The predicted molar refractivity (Wildman–Crippen MR) is 105 cm³/mol. The van der Waals surface area contributed by atoms with E-state index in [1.54, 1.807) is 19.4 Å². The van der Waals surface area contributed by atoms with Gasteiger partial charge in [0.2, 0.25) is 0 Å². The number of rotatable bonds is 4. The van der Waals surface area contributed by atoms with Gasteiger partial charge in [0.15, 0.2) is 12.1 Å². The predicted octanol–water partition coefficient (Wildman–Crippen LogP) is 2.72. The van der Waals surface area contributed by atoms with E-state index in [2.05, 4.69) is 15.3 Å². The summed E-state index contributed by atoms with van der Waals surface area (Å²) in [6.45, 7) is 0.650. The molecule has 2 aromatic heterocycles. The highest BCUT2D eigenvalue weighted by Crippen LogP contribution is 2.53. The van der Waals surface area contributed by atoms with Crippen molar-refractivity contribution >= 4 is 11.8 Å². The normalized spacial score (nSPS) is 22.2. The Bertz CT molecular complexity index is 1080. The van der Waals surface area contributed by atoms with Crippen molar-refractivity contribution in [1.82, 2.24) is 20.2 Å². The molecular weight excluding hydrogens is 368 g/mol. The van der Waals surface area contributed by atoms with E-state index in [-0.39, 0.29) is 29.7 Å². The number of aromatic nitrogens is 2. The Morgan fingerprint density at radius 1 is 1.17 bits per heavy atom. The largest absolute Gasteiger partial charge is 0.447 e. The zero-order chi connectivity index (χ0) is 20.0. The number of amides is 2. The number of fused-ring (bicyclic) bond motifs is 1. The molecule has 0 spiro atoms. The lowest BCUT2D eigenvalue weighted by atomic mass is 9.72. The Morgan fingerprint density at radius 2 is 2.00 bits per heavy atom. The van der Waals surface area contributed by atoms with Crippen LogP contribution in [0.3, 0.4) is 0 Å². The molecular formula is C22H20N4O3. The van der Waals surface area contributed by atoms with Crippen LogP contribution in [0.5, 0.6) is 0 Å². The van der Waals surface area contributed by atoms with Crippen LogP contribution in [0.15, 0.2) is 59.6 Å². The maximum atomic E-state index is 13.2. The number of pyridine rings is 1. The quantitative estimate of drug-likeness (QED) is 0.742. The molecule has 7 heteroatoms. The van der Waals surface area contributed by atoms with Crippen molar-refractivity contribution < 1.29 is 14.0 Å². The van der Waals surface area contributed by atoms with Crippen molar-refractivity contribution in [3.63, 3.8) is 0 Å². The molecule has 3 aromatic rings. The van der Waals surface area contributed by atoms with Gasteiger partial charge in [0.25, 0.3) is 11.8 Å². The standard InChI is InChI=1S/C22H20N4O3/c1-23-21(27)19-20(29-12-25-19)18-16-8-17(18)26(11-16)22(28)15-7-14(9-24-10-15)13-5-3-2-4-6-13/h2-7,9-10,12,16-18H,8,11H2,1H3,(H,23,27). The van der Waals surface area contributed by atoms with Gasteiger partial charge in [-0.1, -0.05) is 30.3 Å². The molecule has 7 nitrogen and oxygen atoms in total. The van der Waals surface area contributed by atoms with Crippen LogP contribution in [0.1, 0.15) is 38.9 Å². The maximum absolute atomic E-state index is 13.2. The second kappa shape index (κ2) is 6.84. The van der Waals surface area contributed by atoms with Crippen molar-refractivity contribution in [2.75, 3.05) is 13.6 Å². The topological polar surface area (TPSA) is 88.3 Å². The van der Waals surface area contributed by atoms with Crippen LogP contribution in [0.25, 0.3) is 11.1 Å². The molecule has 3 unspecified atom stereocenters. The summed E-state index contributed by atoms with van der Waals surface area (Å²) >= 11 is 0. The number of benzene rings is 1. The van der Waals surface area contributed by atoms with Gasteiger partial charge in [-0.15, -0.1) is 0 Å². The molecule has 1 saturated carbocycles. The van der Waals surface area contributed by atoms with E-state index < -0.39 is 0 Å². The lowest BCUT2D eigenvalue weighted by Crippen LogP contribution is -2.40. The van der Waals surface area contributed by atoms with Gasteiger partial charge in [0.05, 0.1) is 5.56 Å². The van der Waals surface area contributed by atoms with Crippen LogP contribution in [-0.4, -0.2) is 46.3 Å². The maximum Gasteiger partial charge on any atom is 0.273 e. The highest BCUT2D eigenvalue weighted by Gasteiger charge is 2.56. The minimum atomic E-state index is -0.266. The zero-order valence-electron chi connectivity index (χ0n) is 15.9. The number of nitrogens with zero attached hydrogens (tertiary/aromatic N) is 3. The third kappa shape index (κ3) is 2.81. The lowest BCUT2D eigenvalue weighted by Gasteiger charge is -2.35. The monoisotopic (exact) mass is 388 g/mol. The molecule has 3 atom stereocenters. The van der Waals surface area contributed by atoms with E-state index in [0.29, 0.717) is 23.6 Å². The molecule has 0 radical (unpaired) electrons. The van der Waals surface area contributed by atoms with Gasteiger partial charge in [0, 0.05) is 43.5 Å². The number of hydrogen-bond acceptors (Lipinski definition) is 5. The van der Waals surface area contributed by atoms with Gasteiger partial charge >= 0.3 is 0 Å². The van der Waals surface area contributed by atoms with Gasteiger partial charge < -0.3 is 14.6 Å². The smallest absolute Gasteiger partial charge is 0.273 e. The summed E-state index contributed by atoms with van der Waals surface area (Å²) in [5.41, 5.74) is 2.82. The van der Waals surface area contributed by atoms with E-state index in [0.717, 1.165) is 17.5 Å². The average Bonchev–Trinajstić information content (AvgIpc) is 3.49. The first-order chi connectivity index (χ1) is 14.2. The number of carbonyl (C=O) groups excluding carboxylic acids is 2. The van der Waals surface area contributed by atoms with Crippen molar-refractivity contribution in [1.29, 1.82) is 0 Å². The first-order valence-corrected chi connectivity index (χ1v) is 9.64. The highest BCUT2D eigenvalue weighted by molar-refractivity contribution is 5.96. The highest BCUT2D eigenvalue weighted by atomic mass is 16.3. The number of oxazole rings is 1. The Hall–Kier alpha value is -3.48. The van der Waals surface area contributed by atoms with Crippen LogP contribution in [0.2, 0.25) is 0 Å². The molecule has 3 aliphatic rings. The van der Waals surface area contributed by atoms with E-state index in [9.17, 15) is 9.59 Å². The van der Waals surface area contributed by atoms with E-state index >= 15 is 0 Å². The fourth-order valence-corrected chi connectivity index (χ4v) is 4.53. The Balaban J connectivity index is 1.39. The molecule has 2 amide bonds. The third-order valence-corrected chi connectivity index (χ3v) is 5.99. The van der Waals surface area contributed by atoms with Crippen LogP contribution in [0, 0.1) is 5.92 Å². The fourth-order valence-electron chi connectivity index (χ4n) is 4.53. The molecule has 1 aromatic carbocycles. The molecule has 1 aliphatic carbocycles. The number of nitrogens with one attached hydrogen (secondary N) is 1. The summed E-state index contributed by atoms with van der Waals surface area (Å²) in [6, 6.07) is 11.8. The molecule has 4 heterocycles. The van der Waals surface area contributed by atoms with Crippen molar-refractivity contribution in [2.45, 2.75) is 18.4 Å². The molecule has 1 N–H and O–H groups in total. The zero-order valence-corrected chi connectivity index (χ0v) is 15.9. The summed E-state index contributed by atoms with van der Waals surface area (Å²) in [7, 11) is 1.57. The van der Waals surface area contributed by atoms with Crippen LogP contribution < -0.4 is 5.32 Å². The Kier molecular flexibility index (Phi) is 4.16. The first-order valence-electron chi connectivity index (χ1n) is 9.64. The number of carbonyl (C=O) groups is 2. The SMILES string of the molecule is CNC(=O)c1ncoc1C1C2CC1N(C(=O)c1cncc(-c3ccccc3)c1)C2. The second-order valence-corrected chi connectivity index (χ2v) is 7.52. The minimum Gasteiger partial charge on any atom is -0.447 e. The second-order valence-electron chi connectivity index (χ2n) is 7.52. The van der Waals surface area contributed by atoms with Crippen LogP contribution in [0.4, 0.5) is 0 Å². The molecule has 146 valence electrons. The van der Waals surface area contributed by atoms with Crippen molar-refractivity contribution in [2.24, 2.45) is 5.92 Å². The van der Waals surface area contributed by atoms with E-state index in [1.165, 1.54) is 6.39 Å². The van der Waals surface area contributed by atoms with Crippen LogP contribution >= 0.6 is 0 Å². The summed E-state index contributed by atoms with van der Waals surface area (Å²) in [5.74, 6) is 0.575.